The number of aryl methyl sites for hydroxylation is 1. The van der Waals surface area contributed by atoms with Gasteiger partial charge in [-0.05, 0) is 13.3 Å². The largest absolute Gasteiger partial charge is 0.360 e. The maximum absolute atomic E-state index is 12.7. The minimum Gasteiger partial charge on any atom is -0.360 e. The number of hydrogen-bond donors (Lipinski definition) is 2. The summed E-state index contributed by atoms with van der Waals surface area (Å²) in [6, 6.07) is 21.8. The van der Waals surface area contributed by atoms with E-state index < -0.39 is 0 Å². The Labute approximate surface area is 179 Å². The molecule has 152 valence electrons. The van der Waals surface area contributed by atoms with Gasteiger partial charge in [0.25, 0.3) is 0 Å². The molecule has 4 aromatic rings. The van der Waals surface area contributed by atoms with Crippen molar-refractivity contribution in [3.8, 4) is 22.5 Å². The SMILES string of the molecule is CCC(Sc1nc(-c2ccccc2)c(-c2ccccc2)[nH]1)C(=O)Nc1cc(C)on1. The van der Waals surface area contributed by atoms with Gasteiger partial charge in [-0.1, -0.05) is 84.5 Å². The molecule has 0 aliphatic rings. The number of hydrogen-bond acceptors (Lipinski definition) is 5. The molecule has 0 fully saturated rings. The number of nitrogens with zero attached hydrogens (tertiary/aromatic N) is 2. The molecule has 0 radical (unpaired) electrons. The fourth-order valence-electron chi connectivity index (χ4n) is 3.11. The van der Waals surface area contributed by atoms with Gasteiger partial charge in [-0.15, -0.1) is 0 Å². The Bertz CT molecular complexity index is 1070. The number of anilines is 1. The molecule has 30 heavy (non-hydrogen) atoms. The summed E-state index contributed by atoms with van der Waals surface area (Å²) in [5.41, 5.74) is 3.87. The molecule has 2 aromatic heterocycles. The average molecular weight is 419 g/mol. The van der Waals surface area contributed by atoms with E-state index in [1.807, 2.05) is 67.6 Å². The van der Waals surface area contributed by atoms with Gasteiger partial charge in [-0.2, -0.15) is 0 Å². The number of aromatic nitrogens is 3. The van der Waals surface area contributed by atoms with Crippen LogP contribution in [0.2, 0.25) is 0 Å². The van der Waals surface area contributed by atoms with Crippen molar-refractivity contribution >= 4 is 23.5 Å². The number of nitrogens with one attached hydrogen (secondary N) is 2. The number of rotatable bonds is 7. The summed E-state index contributed by atoms with van der Waals surface area (Å²) in [6.45, 7) is 3.76. The quantitative estimate of drug-likeness (QED) is 0.385. The zero-order chi connectivity index (χ0) is 20.9. The number of carbonyl (C=O) groups is 1. The lowest BCUT2D eigenvalue weighted by atomic mass is 10.1. The standard InChI is InChI=1S/C23H22N4O2S/c1-3-18(22(28)24-19-14-15(2)29-27-19)30-23-25-20(16-10-6-4-7-11-16)21(26-23)17-12-8-5-9-13-17/h4-14,18H,3H2,1-2H3,(H,25,26)(H,24,27,28). The van der Waals surface area contributed by atoms with E-state index in [1.54, 1.807) is 13.0 Å². The molecule has 0 aliphatic heterocycles. The minimum atomic E-state index is -0.319. The highest BCUT2D eigenvalue weighted by molar-refractivity contribution is 8.00. The Morgan fingerprint density at radius 1 is 1.10 bits per heavy atom. The third kappa shape index (κ3) is 4.46. The van der Waals surface area contributed by atoms with Gasteiger partial charge in [0.2, 0.25) is 5.91 Å². The van der Waals surface area contributed by atoms with Crippen LogP contribution in [-0.2, 0) is 4.79 Å². The van der Waals surface area contributed by atoms with Gasteiger partial charge in [0.1, 0.15) is 5.76 Å². The third-order valence-corrected chi connectivity index (χ3v) is 5.84. The van der Waals surface area contributed by atoms with Crippen molar-refractivity contribution in [1.29, 1.82) is 0 Å². The number of thioether (sulfide) groups is 1. The zero-order valence-corrected chi connectivity index (χ0v) is 17.6. The Morgan fingerprint density at radius 3 is 2.37 bits per heavy atom. The minimum absolute atomic E-state index is 0.130. The van der Waals surface area contributed by atoms with Crippen LogP contribution in [0.15, 0.2) is 76.4 Å². The highest BCUT2D eigenvalue weighted by Gasteiger charge is 2.22. The molecule has 0 bridgehead atoms. The maximum atomic E-state index is 12.7. The molecule has 2 heterocycles. The summed E-state index contributed by atoms with van der Waals surface area (Å²) in [6.07, 6.45) is 0.648. The summed E-state index contributed by atoms with van der Waals surface area (Å²) < 4.78 is 5.02. The Kier molecular flexibility index (Phi) is 5.99. The highest BCUT2D eigenvalue weighted by atomic mass is 32.2. The molecule has 7 heteroatoms. The van der Waals surface area contributed by atoms with Gasteiger partial charge < -0.3 is 14.8 Å². The van der Waals surface area contributed by atoms with Crippen LogP contribution in [0, 0.1) is 6.92 Å². The van der Waals surface area contributed by atoms with Gasteiger partial charge in [0.05, 0.1) is 16.6 Å². The van der Waals surface area contributed by atoms with Crippen molar-refractivity contribution in [2.24, 2.45) is 0 Å². The van der Waals surface area contributed by atoms with Gasteiger partial charge in [-0.25, -0.2) is 4.98 Å². The molecule has 1 unspecified atom stereocenters. The summed E-state index contributed by atoms with van der Waals surface area (Å²) in [7, 11) is 0. The summed E-state index contributed by atoms with van der Waals surface area (Å²) in [5.74, 6) is 0.942. The predicted octanol–water partition coefficient (Wildman–Crippen LogP) is 5.55. The molecule has 1 amide bonds. The normalized spacial score (nSPS) is 11.9. The van der Waals surface area contributed by atoms with E-state index in [0.29, 0.717) is 23.2 Å². The van der Waals surface area contributed by atoms with E-state index in [4.69, 9.17) is 9.51 Å². The van der Waals surface area contributed by atoms with Crippen LogP contribution in [0.4, 0.5) is 5.82 Å². The summed E-state index contributed by atoms with van der Waals surface area (Å²) in [5, 5.41) is 7.03. The topological polar surface area (TPSA) is 83.8 Å². The lowest BCUT2D eigenvalue weighted by Gasteiger charge is -2.11. The molecule has 0 saturated carbocycles. The maximum Gasteiger partial charge on any atom is 0.239 e. The third-order valence-electron chi connectivity index (χ3n) is 4.59. The molecule has 0 spiro atoms. The predicted molar refractivity (Wildman–Crippen MR) is 119 cm³/mol. The van der Waals surface area contributed by atoms with E-state index in [0.717, 1.165) is 22.5 Å². The van der Waals surface area contributed by atoms with Crippen LogP contribution in [-0.4, -0.2) is 26.3 Å². The van der Waals surface area contributed by atoms with Gasteiger partial charge in [0, 0.05) is 17.2 Å². The average Bonchev–Trinajstić information content (AvgIpc) is 3.39. The first-order valence-corrected chi connectivity index (χ1v) is 10.6. The lowest BCUT2D eigenvalue weighted by molar-refractivity contribution is -0.115. The number of H-pyrrole nitrogens is 1. The highest BCUT2D eigenvalue weighted by Crippen LogP contribution is 2.34. The second-order valence-corrected chi connectivity index (χ2v) is 8.02. The molecule has 6 nitrogen and oxygen atoms in total. The van der Waals surface area contributed by atoms with Crippen LogP contribution in [0.3, 0.4) is 0 Å². The van der Waals surface area contributed by atoms with E-state index in [9.17, 15) is 4.79 Å². The van der Waals surface area contributed by atoms with Crippen LogP contribution in [0.5, 0.6) is 0 Å². The summed E-state index contributed by atoms with van der Waals surface area (Å²) >= 11 is 1.41. The monoisotopic (exact) mass is 418 g/mol. The van der Waals surface area contributed by atoms with E-state index in [2.05, 4.69) is 15.5 Å². The van der Waals surface area contributed by atoms with Crippen molar-refractivity contribution in [2.75, 3.05) is 5.32 Å². The molecular formula is C23H22N4O2S. The summed E-state index contributed by atoms with van der Waals surface area (Å²) in [4.78, 5) is 21.0. The second kappa shape index (κ2) is 9.00. The number of imidazole rings is 1. The number of carbonyl (C=O) groups excluding carboxylic acids is 1. The molecule has 4 rings (SSSR count). The van der Waals surface area contributed by atoms with E-state index >= 15 is 0 Å². The van der Waals surface area contributed by atoms with Crippen molar-refractivity contribution in [2.45, 2.75) is 30.7 Å². The molecule has 2 aromatic carbocycles. The first-order valence-electron chi connectivity index (χ1n) is 9.75. The fourth-order valence-corrected chi connectivity index (χ4v) is 4.02. The Morgan fingerprint density at radius 2 is 1.77 bits per heavy atom. The second-order valence-electron chi connectivity index (χ2n) is 6.82. The van der Waals surface area contributed by atoms with E-state index in [1.165, 1.54) is 11.8 Å². The smallest absolute Gasteiger partial charge is 0.239 e. The van der Waals surface area contributed by atoms with Crippen molar-refractivity contribution in [1.82, 2.24) is 15.1 Å². The van der Waals surface area contributed by atoms with Crippen LogP contribution in [0.1, 0.15) is 19.1 Å². The van der Waals surface area contributed by atoms with Crippen molar-refractivity contribution in [3.05, 3.63) is 72.5 Å². The van der Waals surface area contributed by atoms with Gasteiger partial charge in [-0.3, -0.25) is 4.79 Å². The van der Waals surface area contributed by atoms with Crippen LogP contribution >= 0.6 is 11.8 Å². The van der Waals surface area contributed by atoms with Crippen molar-refractivity contribution in [3.63, 3.8) is 0 Å². The first-order chi connectivity index (χ1) is 14.6. The van der Waals surface area contributed by atoms with Gasteiger partial charge in [0.15, 0.2) is 11.0 Å². The number of amides is 1. The van der Waals surface area contributed by atoms with Crippen LogP contribution < -0.4 is 5.32 Å². The fraction of sp³-hybridized carbons (Fsp3) is 0.174. The Balaban J connectivity index is 1.62. The Hall–Kier alpha value is -3.32. The van der Waals surface area contributed by atoms with E-state index in [-0.39, 0.29) is 11.2 Å². The number of aromatic amines is 1. The molecule has 2 N–H and O–H groups in total. The van der Waals surface area contributed by atoms with Crippen molar-refractivity contribution < 1.29 is 9.32 Å². The molecule has 1 atom stereocenters. The molecule has 0 aliphatic carbocycles. The van der Waals surface area contributed by atoms with Gasteiger partial charge >= 0.3 is 0 Å². The van der Waals surface area contributed by atoms with Crippen LogP contribution in [0.25, 0.3) is 22.5 Å². The number of benzene rings is 2. The first kappa shape index (κ1) is 20.0. The zero-order valence-electron chi connectivity index (χ0n) is 16.8. The molecule has 0 saturated heterocycles. The molecular weight excluding hydrogens is 396 g/mol. The lowest BCUT2D eigenvalue weighted by Crippen LogP contribution is -2.24.